The molecule has 10 heteroatoms. The fourth-order valence-electron chi connectivity index (χ4n) is 5.09. The second-order valence-corrected chi connectivity index (χ2v) is 14.8. The number of alkyl halides is 1. The maximum Gasteiger partial charge on any atom is 0.508 e. The Morgan fingerprint density at radius 1 is 0.875 bits per heavy atom. The molecule has 0 radical (unpaired) electrons. The molecule has 0 N–H and O–H groups in total. The van der Waals surface area contributed by atoms with Crippen LogP contribution in [0.2, 0.25) is 0 Å². The number of halogens is 1. The van der Waals surface area contributed by atoms with Gasteiger partial charge in [-0.25, -0.2) is 9.59 Å². The first-order valence-electron chi connectivity index (χ1n) is 14.8. The van der Waals surface area contributed by atoms with E-state index in [9.17, 15) is 14.4 Å². The summed E-state index contributed by atoms with van der Waals surface area (Å²) in [5.74, 6) is 1.01. The monoisotopic (exact) mass is 635 g/mol. The molecule has 0 saturated carbocycles. The number of nitrogens with zero attached hydrogens (tertiary/aromatic N) is 1. The van der Waals surface area contributed by atoms with E-state index in [1.807, 2.05) is 4.90 Å². The maximum absolute atomic E-state index is 12.6. The minimum Gasteiger partial charge on any atom is -0.460 e. The summed E-state index contributed by atoms with van der Waals surface area (Å²) in [5.41, 5.74) is 0. The third kappa shape index (κ3) is 16.7. The highest BCUT2D eigenvalue weighted by Crippen LogP contribution is 2.27. The highest BCUT2D eigenvalue weighted by atomic mass is 79.9. The number of hydrogen-bond acceptors (Lipinski definition) is 9. The lowest BCUT2D eigenvalue weighted by atomic mass is 9.86. The molecule has 0 aromatic heterocycles. The Balaban J connectivity index is 3.01. The summed E-state index contributed by atoms with van der Waals surface area (Å²) in [4.78, 5) is 39.4. The lowest BCUT2D eigenvalue weighted by Gasteiger charge is -2.28. The van der Waals surface area contributed by atoms with E-state index < -0.39 is 22.7 Å². The average Bonchev–Trinajstić information content (AvgIpc) is 2.76. The predicted octanol–water partition coefficient (Wildman–Crippen LogP) is 6.99. The summed E-state index contributed by atoms with van der Waals surface area (Å²) in [6, 6.07) is 0. The van der Waals surface area contributed by atoms with Crippen LogP contribution < -0.4 is 0 Å². The van der Waals surface area contributed by atoms with E-state index in [2.05, 4.69) is 57.5 Å². The average molecular weight is 637 g/mol. The van der Waals surface area contributed by atoms with Gasteiger partial charge in [0.15, 0.2) is 0 Å². The summed E-state index contributed by atoms with van der Waals surface area (Å²) in [7, 11) is 0. The van der Waals surface area contributed by atoms with Gasteiger partial charge in [-0.1, -0.05) is 57.5 Å². The van der Waals surface area contributed by atoms with E-state index >= 15 is 0 Å². The van der Waals surface area contributed by atoms with Crippen LogP contribution in [0.25, 0.3) is 0 Å². The van der Waals surface area contributed by atoms with Crippen molar-refractivity contribution in [2.24, 2.45) is 23.7 Å². The number of ether oxygens (including phenoxy) is 5. The second kappa shape index (κ2) is 18.1. The van der Waals surface area contributed by atoms with E-state index in [0.29, 0.717) is 43.3 Å². The molecular formula is C30H54BrNO8. The molecule has 0 amide bonds. The molecule has 1 aliphatic heterocycles. The minimum atomic E-state index is -0.803. The van der Waals surface area contributed by atoms with Gasteiger partial charge in [0.25, 0.3) is 0 Å². The van der Waals surface area contributed by atoms with Gasteiger partial charge in [0.1, 0.15) is 35.8 Å². The van der Waals surface area contributed by atoms with Crippen LogP contribution in [0.5, 0.6) is 0 Å². The quantitative estimate of drug-likeness (QED) is 0.159. The predicted molar refractivity (Wildman–Crippen MR) is 159 cm³/mol. The normalized spacial score (nSPS) is 26.1. The van der Waals surface area contributed by atoms with Crippen LogP contribution in [0.3, 0.4) is 0 Å². The van der Waals surface area contributed by atoms with Crippen LogP contribution in [0.15, 0.2) is 0 Å². The summed E-state index contributed by atoms with van der Waals surface area (Å²) >= 11 is 3.32. The van der Waals surface area contributed by atoms with Crippen molar-refractivity contribution in [2.45, 2.75) is 117 Å². The molecule has 1 rings (SSSR count). The van der Waals surface area contributed by atoms with Crippen LogP contribution in [-0.4, -0.2) is 78.7 Å². The van der Waals surface area contributed by atoms with Gasteiger partial charge in [-0.05, 0) is 76.5 Å². The lowest BCUT2D eigenvalue weighted by Crippen LogP contribution is -2.40. The highest BCUT2D eigenvalue weighted by Gasteiger charge is 2.28. The van der Waals surface area contributed by atoms with E-state index in [1.54, 1.807) is 20.8 Å². The van der Waals surface area contributed by atoms with Gasteiger partial charge in [-0.15, -0.1) is 0 Å². The second-order valence-electron chi connectivity index (χ2n) is 12.8. The Morgan fingerprint density at radius 3 is 1.68 bits per heavy atom. The minimum absolute atomic E-state index is 0.0886. The van der Waals surface area contributed by atoms with Crippen LogP contribution in [-0.2, 0) is 28.5 Å². The van der Waals surface area contributed by atoms with Gasteiger partial charge in [0.2, 0.25) is 0 Å². The Kier molecular flexibility index (Phi) is 16.5. The molecular weight excluding hydrogens is 582 g/mol. The lowest BCUT2D eigenvalue weighted by molar-refractivity contribution is -0.150. The van der Waals surface area contributed by atoms with E-state index in [4.69, 9.17) is 23.7 Å². The van der Waals surface area contributed by atoms with Gasteiger partial charge < -0.3 is 23.7 Å². The third-order valence-corrected chi connectivity index (χ3v) is 7.02. The van der Waals surface area contributed by atoms with Crippen LogP contribution in [0.1, 0.15) is 94.4 Å². The molecule has 0 aliphatic carbocycles. The third-order valence-electron chi connectivity index (χ3n) is 6.69. The summed E-state index contributed by atoms with van der Waals surface area (Å²) in [6.07, 6.45) is 1.70. The SMILES string of the molecule is CC(C)CC1CC(C)CC(C)CC(CC(C)C)OC(=O)OCCN(CC(C)OC(=O)C(C)(C)Br)CCOC(=O)O1. The number of carbonyl (C=O) groups excluding carboxylic acids is 3. The molecule has 0 spiro atoms. The molecule has 9 nitrogen and oxygen atoms in total. The standard InChI is InChI=1S/C30H54BrNO8/c1-20(2)14-25-17-22(5)16-23(6)18-26(15-21(3)4)40-29(35)37-13-11-32(10-12-36-28(34)39-25)19-24(7)38-27(33)30(8,9)31/h20-26H,10-19H2,1-9H3. The largest absolute Gasteiger partial charge is 0.508 e. The van der Waals surface area contributed by atoms with Crippen molar-refractivity contribution in [3.05, 3.63) is 0 Å². The number of carbonyl (C=O) groups is 3. The summed E-state index contributed by atoms with van der Waals surface area (Å²) < 4.78 is 27.1. The van der Waals surface area contributed by atoms with Crippen molar-refractivity contribution >= 4 is 34.2 Å². The zero-order chi connectivity index (χ0) is 30.5. The molecule has 1 heterocycles. The fourth-order valence-corrected chi connectivity index (χ4v) is 5.18. The topological polar surface area (TPSA) is 101 Å². The molecule has 1 fully saturated rings. The first-order chi connectivity index (χ1) is 18.5. The van der Waals surface area contributed by atoms with Crippen LogP contribution >= 0.6 is 15.9 Å². The van der Waals surface area contributed by atoms with Crippen molar-refractivity contribution in [3.63, 3.8) is 0 Å². The van der Waals surface area contributed by atoms with Crippen molar-refractivity contribution < 1.29 is 38.1 Å². The molecule has 5 atom stereocenters. The zero-order valence-electron chi connectivity index (χ0n) is 26.2. The van der Waals surface area contributed by atoms with Gasteiger partial charge in [0, 0.05) is 19.6 Å². The maximum atomic E-state index is 12.6. The molecule has 1 aliphatic rings. The summed E-state index contributed by atoms with van der Waals surface area (Å²) in [5, 5.41) is 0. The zero-order valence-corrected chi connectivity index (χ0v) is 27.8. The molecule has 40 heavy (non-hydrogen) atoms. The number of esters is 1. The number of cyclic esters (lactones) is 4. The van der Waals surface area contributed by atoms with Crippen molar-refractivity contribution in [1.29, 1.82) is 0 Å². The van der Waals surface area contributed by atoms with Crippen LogP contribution in [0.4, 0.5) is 9.59 Å². The molecule has 1 saturated heterocycles. The van der Waals surface area contributed by atoms with Crippen molar-refractivity contribution in [3.8, 4) is 0 Å². The van der Waals surface area contributed by atoms with E-state index in [-0.39, 0.29) is 31.4 Å². The molecule has 5 unspecified atom stereocenters. The van der Waals surface area contributed by atoms with Gasteiger partial charge in [-0.2, -0.15) is 0 Å². The molecule has 234 valence electrons. The number of hydrogen-bond donors (Lipinski definition) is 0. The van der Waals surface area contributed by atoms with E-state index in [1.165, 1.54) is 0 Å². The van der Waals surface area contributed by atoms with Gasteiger partial charge in [0.05, 0.1) is 0 Å². The first kappa shape index (κ1) is 36.5. The smallest absolute Gasteiger partial charge is 0.460 e. The van der Waals surface area contributed by atoms with Crippen molar-refractivity contribution in [1.82, 2.24) is 4.90 Å². The fraction of sp³-hybridized carbons (Fsp3) is 0.900. The highest BCUT2D eigenvalue weighted by molar-refractivity contribution is 9.10. The van der Waals surface area contributed by atoms with E-state index in [0.717, 1.165) is 32.1 Å². The first-order valence-corrected chi connectivity index (χ1v) is 15.6. The Labute approximate surface area is 250 Å². The van der Waals surface area contributed by atoms with Gasteiger partial charge in [-0.3, -0.25) is 9.69 Å². The summed E-state index contributed by atoms with van der Waals surface area (Å²) in [6.45, 7) is 19.3. The van der Waals surface area contributed by atoms with Crippen molar-refractivity contribution in [2.75, 3.05) is 32.8 Å². The Bertz CT molecular complexity index is 725. The molecule has 0 aromatic rings. The molecule has 0 aromatic carbocycles. The Morgan fingerprint density at radius 2 is 1.30 bits per heavy atom. The molecule has 0 bridgehead atoms. The number of rotatable bonds is 8. The van der Waals surface area contributed by atoms with Gasteiger partial charge >= 0.3 is 18.3 Å². The van der Waals surface area contributed by atoms with Crippen LogP contribution in [0, 0.1) is 23.7 Å². The Hall–Kier alpha value is -1.55.